The molecular formula is C46H42BN3. The molecule has 10 rings (SSSR count). The number of hydrogen-bond acceptors (Lipinski definition) is 2. The van der Waals surface area contributed by atoms with Crippen LogP contribution in [0.25, 0.3) is 27.5 Å². The number of hydrogen-bond donors (Lipinski definition) is 0. The molecule has 3 aliphatic rings. The van der Waals surface area contributed by atoms with Crippen molar-refractivity contribution in [1.29, 1.82) is 0 Å². The number of benzene rings is 6. The Balaban J connectivity index is 1.41. The number of aromatic nitrogens is 1. The van der Waals surface area contributed by atoms with Crippen LogP contribution in [0.1, 0.15) is 55.5 Å². The summed E-state index contributed by atoms with van der Waals surface area (Å²) in [5, 5.41) is 2.68. The molecule has 244 valence electrons. The first-order valence-electron chi connectivity index (χ1n) is 18.1. The Morgan fingerprint density at radius 1 is 0.600 bits per heavy atom. The van der Waals surface area contributed by atoms with Gasteiger partial charge < -0.3 is 14.4 Å². The van der Waals surface area contributed by atoms with E-state index in [1.807, 2.05) is 0 Å². The third-order valence-electron chi connectivity index (χ3n) is 12.7. The minimum absolute atomic E-state index is 0.0675. The maximum atomic E-state index is 2.72. The summed E-state index contributed by atoms with van der Waals surface area (Å²) in [6, 6.07) is 41.7. The largest absolute Gasteiger partial charge is 0.335 e. The Morgan fingerprint density at radius 2 is 1.26 bits per heavy atom. The Kier molecular flexibility index (Phi) is 5.77. The van der Waals surface area contributed by atoms with Crippen molar-refractivity contribution < 1.29 is 0 Å². The van der Waals surface area contributed by atoms with Gasteiger partial charge in [-0.1, -0.05) is 91.7 Å². The summed E-state index contributed by atoms with van der Waals surface area (Å²) in [6.45, 7) is 18.9. The van der Waals surface area contributed by atoms with Crippen LogP contribution in [0.5, 0.6) is 0 Å². The molecule has 7 aromatic rings. The van der Waals surface area contributed by atoms with Crippen molar-refractivity contribution in [3.8, 4) is 5.69 Å². The average Bonchev–Trinajstić information content (AvgIpc) is 3.48. The Morgan fingerprint density at radius 3 is 1.96 bits per heavy atom. The zero-order chi connectivity index (χ0) is 34.4. The van der Waals surface area contributed by atoms with Gasteiger partial charge in [-0.2, -0.15) is 0 Å². The van der Waals surface area contributed by atoms with Gasteiger partial charge in [0.2, 0.25) is 0 Å². The molecule has 0 unspecified atom stereocenters. The van der Waals surface area contributed by atoms with Crippen LogP contribution >= 0.6 is 0 Å². The predicted molar refractivity (Wildman–Crippen MR) is 215 cm³/mol. The van der Waals surface area contributed by atoms with Crippen molar-refractivity contribution in [1.82, 2.24) is 4.57 Å². The molecule has 0 fully saturated rings. The fourth-order valence-corrected chi connectivity index (χ4v) is 9.69. The molecule has 1 aromatic heterocycles. The van der Waals surface area contributed by atoms with E-state index >= 15 is 0 Å². The number of aryl methyl sites for hydroxylation is 4. The van der Waals surface area contributed by atoms with Crippen LogP contribution in [0.15, 0.2) is 109 Å². The van der Waals surface area contributed by atoms with E-state index in [1.165, 1.54) is 100 Å². The van der Waals surface area contributed by atoms with Gasteiger partial charge in [0.1, 0.15) is 0 Å². The van der Waals surface area contributed by atoms with Crippen molar-refractivity contribution in [2.45, 2.75) is 66.3 Å². The van der Waals surface area contributed by atoms with Crippen molar-refractivity contribution in [2.24, 2.45) is 0 Å². The van der Waals surface area contributed by atoms with Gasteiger partial charge in [0.15, 0.2) is 0 Å². The van der Waals surface area contributed by atoms with Crippen LogP contribution in [0.4, 0.5) is 28.4 Å². The minimum Gasteiger partial charge on any atom is -0.335 e. The molecular weight excluding hydrogens is 605 g/mol. The van der Waals surface area contributed by atoms with Crippen LogP contribution in [0.3, 0.4) is 0 Å². The van der Waals surface area contributed by atoms with E-state index in [2.05, 4.69) is 179 Å². The van der Waals surface area contributed by atoms with Crippen LogP contribution in [-0.4, -0.2) is 16.8 Å². The molecule has 0 radical (unpaired) electrons. The predicted octanol–water partition coefficient (Wildman–Crippen LogP) is 9.84. The number of para-hydroxylation sites is 3. The van der Waals surface area contributed by atoms with Crippen LogP contribution < -0.4 is 26.2 Å². The lowest BCUT2D eigenvalue weighted by Crippen LogP contribution is -2.63. The molecule has 0 aliphatic carbocycles. The highest BCUT2D eigenvalue weighted by Gasteiger charge is 2.56. The van der Waals surface area contributed by atoms with Gasteiger partial charge in [-0.3, -0.25) is 0 Å². The lowest BCUT2D eigenvalue weighted by Gasteiger charge is -2.47. The molecule has 0 saturated carbocycles. The van der Waals surface area contributed by atoms with Gasteiger partial charge in [-0.25, -0.2) is 0 Å². The SMILES string of the molecule is Cc1ccc2c(c1)c1cc(C)cc3c1n2-c1cc(N(c2ccccc2C)c2ccccc2C)cc2c1B3c1cccc3c1N2C(C)(C)C3(C)C. The topological polar surface area (TPSA) is 11.4 Å². The lowest BCUT2D eigenvalue weighted by atomic mass is 9.33. The monoisotopic (exact) mass is 647 g/mol. The highest BCUT2D eigenvalue weighted by Crippen LogP contribution is 2.56. The normalized spacial score (nSPS) is 15.8. The van der Waals surface area contributed by atoms with Crippen molar-refractivity contribution in [3.05, 3.63) is 137 Å². The summed E-state index contributed by atoms with van der Waals surface area (Å²) in [5.74, 6) is 0. The van der Waals surface area contributed by atoms with E-state index in [9.17, 15) is 0 Å². The highest BCUT2D eigenvalue weighted by molar-refractivity contribution is 7.00. The molecule has 6 aromatic carbocycles. The Hall–Kier alpha value is -5.22. The smallest absolute Gasteiger partial charge is 0.252 e. The number of fused-ring (bicyclic) bond motifs is 7. The van der Waals surface area contributed by atoms with Gasteiger partial charge in [0.05, 0.1) is 11.2 Å². The maximum Gasteiger partial charge on any atom is 0.252 e. The second-order valence-electron chi connectivity index (χ2n) is 16.1. The van der Waals surface area contributed by atoms with E-state index in [0.717, 1.165) is 0 Å². The third-order valence-corrected chi connectivity index (χ3v) is 12.7. The minimum atomic E-state index is -0.170. The molecule has 0 N–H and O–H groups in total. The summed E-state index contributed by atoms with van der Waals surface area (Å²) in [4.78, 5) is 5.22. The second kappa shape index (κ2) is 9.72. The standard InChI is InChI=1S/C46H42BN3/c1-27-20-21-39-32(22-27)33-23-28(2)24-36-43(33)49(39)40-25-31(48(37-18-11-9-14-29(37)3)38-19-12-10-15-30(38)4)26-41-42(40)47(36)35-17-13-16-34-44(35)50(41)46(7,8)45(34,5)6/h9-26H,1-8H3. The molecule has 3 aliphatic heterocycles. The van der Waals surface area contributed by atoms with Crippen LogP contribution in [0.2, 0.25) is 0 Å². The van der Waals surface area contributed by atoms with Gasteiger partial charge in [0, 0.05) is 55.7 Å². The maximum absolute atomic E-state index is 2.72. The summed E-state index contributed by atoms with van der Waals surface area (Å²) < 4.78 is 2.61. The highest BCUT2D eigenvalue weighted by atomic mass is 15.3. The van der Waals surface area contributed by atoms with Crippen molar-refractivity contribution in [2.75, 3.05) is 9.80 Å². The van der Waals surface area contributed by atoms with Crippen LogP contribution in [0, 0.1) is 27.7 Å². The number of anilines is 5. The molecule has 0 spiro atoms. The van der Waals surface area contributed by atoms with E-state index in [0.29, 0.717) is 0 Å². The molecule has 50 heavy (non-hydrogen) atoms. The van der Waals surface area contributed by atoms with Crippen molar-refractivity contribution >= 4 is 73.3 Å². The fourth-order valence-electron chi connectivity index (χ4n) is 9.69. The van der Waals surface area contributed by atoms with Gasteiger partial charge in [-0.15, -0.1) is 0 Å². The van der Waals surface area contributed by atoms with Gasteiger partial charge in [0.25, 0.3) is 6.71 Å². The van der Waals surface area contributed by atoms with E-state index in [4.69, 9.17) is 0 Å². The first-order valence-corrected chi connectivity index (χ1v) is 18.1. The van der Waals surface area contributed by atoms with Crippen molar-refractivity contribution in [3.63, 3.8) is 0 Å². The van der Waals surface area contributed by atoms with Gasteiger partial charge >= 0.3 is 0 Å². The Labute approximate surface area is 295 Å². The Bertz CT molecular complexity index is 2580. The van der Waals surface area contributed by atoms with Gasteiger partial charge in [-0.05, 0) is 117 Å². The molecule has 0 atom stereocenters. The molecule has 0 amide bonds. The first-order chi connectivity index (χ1) is 24.0. The molecule has 0 saturated heterocycles. The summed E-state index contributed by atoms with van der Waals surface area (Å²) >= 11 is 0. The van der Waals surface area contributed by atoms with Crippen LogP contribution in [-0.2, 0) is 5.41 Å². The molecule has 4 heteroatoms. The van der Waals surface area contributed by atoms with E-state index in [1.54, 1.807) is 0 Å². The zero-order valence-corrected chi connectivity index (χ0v) is 30.3. The number of nitrogens with zero attached hydrogens (tertiary/aromatic N) is 3. The summed E-state index contributed by atoms with van der Waals surface area (Å²) in [6.07, 6.45) is 0. The third kappa shape index (κ3) is 3.56. The molecule has 3 nitrogen and oxygen atoms in total. The fraction of sp³-hybridized carbons (Fsp3) is 0.217. The molecule has 0 bridgehead atoms. The first kappa shape index (κ1) is 29.7. The van der Waals surface area contributed by atoms with E-state index < -0.39 is 0 Å². The second-order valence-corrected chi connectivity index (χ2v) is 16.1. The quantitative estimate of drug-likeness (QED) is 0.177. The summed E-state index contributed by atoms with van der Waals surface area (Å²) in [7, 11) is 0. The lowest BCUT2D eigenvalue weighted by molar-refractivity contribution is 0.330. The molecule has 4 heterocycles. The summed E-state index contributed by atoms with van der Waals surface area (Å²) in [5.41, 5.74) is 20.8. The zero-order valence-electron chi connectivity index (χ0n) is 30.3. The number of rotatable bonds is 3. The average molecular weight is 648 g/mol. The van der Waals surface area contributed by atoms with E-state index in [-0.39, 0.29) is 17.7 Å².